The number of aromatic nitrogens is 1. The van der Waals surface area contributed by atoms with Crippen molar-refractivity contribution in [3.63, 3.8) is 0 Å². The van der Waals surface area contributed by atoms with Crippen LogP contribution < -0.4 is 5.32 Å². The van der Waals surface area contributed by atoms with Gasteiger partial charge in [-0.15, -0.1) is 35.3 Å². The second kappa shape index (κ2) is 9.04. The van der Waals surface area contributed by atoms with Crippen LogP contribution in [0.15, 0.2) is 35.5 Å². The maximum absolute atomic E-state index is 13.2. The van der Waals surface area contributed by atoms with Gasteiger partial charge in [-0.3, -0.25) is 4.99 Å². The minimum atomic E-state index is -0.219. The molecule has 0 amide bonds. The number of halogens is 2. The third-order valence-electron chi connectivity index (χ3n) is 2.97. The predicted molar refractivity (Wildman–Crippen MR) is 100 cm³/mol. The smallest absolute Gasteiger partial charge is 0.193 e. The summed E-state index contributed by atoms with van der Waals surface area (Å²) >= 11 is 1.66. The standard InChI is InChI=1S/C15H19FN4S.HI/c1-11-18-8-14(21-11)9-19-15(17-2)20(3)10-12-5-4-6-13(16)7-12;/h4-8H,9-10H2,1-3H3,(H,17,19);1H. The van der Waals surface area contributed by atoms with E-state index >= 15 is 0 Å². The van der Waals surface area contributed by atoms with Gasteiger partial charge in [-0.25, -0.2) is 9.37 Å². The quantitative estimate of drug-likeness (QED) is 0.456. The first-order chi connectivity index (χ1) is 10.1. The Kier molecular flexibility index (Phi) is 7.74. The summed E-state index contributed by atoms with van der Waals surface area (Å²) in [4.78, 5) is 11.6. The molecule has 1 N–H and O–H groups in total. The third-order valence-corrected chi connectivity index (χ3v) is 3.88. The fourth-order valence-electron chi connectivity index (χ4n) is 2.02. The van der Waals surface area contributed by atoms with Crippen LogP contribution >= 0.6 is 35.3 Å². The monoisotopic (exact) mass is 434 g/mol. The minimum absolute atomic E-state index is 0. The van der Waals surface area contributed by atoms with Gasteiger partial charge in [0.2, 0.25) is 0 Å². The number of hydrogen-bond donors (Lipinski definition) is 1. The van der Waals surface area contributed by atoms with Crippen LogP contribution in [-0.2, 0) is 13.1 Å². The zero-order chi connectivity index (χ0) is 15.2. The number of hydrogen-bond acceptors (Lipinski definition) is 3. The maximum atomic E-state index is 13.2. The van der Waals surface area contributed by atoms with Crippen molar-refractivity contribution < 1.29 is 4.39 Å². The summed E-state index contributed by atoms with van der Waals surface area (Å²) in [5.41, 5.74) is 0.911. The topological polar surface area (TPSA) is 40.5 Å². The van der Waals surface area contributed by atoms with Crippen LogP contribution in [0.3, 0.4) is 0 Å². The second-order valence-electron chi connectivity index (χ2n) is 4.73. The lowest BCUT2D eigenvalue weighted by atomic mass is 10.2. The van der Waals surface area contributed by atoms with E-state index in [2.05, 4.69) is 15.3 Å². The summed E-state index contributed by atoms with van der Waals surface area (Å²) in [6, 6.07) is 6.60. The molecule has 0 aliphatic heterocycles. The average Bonchev–Trinajstić information content (AvgIpc) is 2.85. The first kappa shape index (κ1) is 18.8. The Morgan fingerprint density at radius 3 is 2.82 bits per heavy atom. The molecule has 22 heavy (non-hydrogen) atoms. The Morgan fingerprint density at radius 2 is 2.23 bits per heavy atom. The van der Waals surface area contributed by atoms with Gasteiger partial charge in [-0.05, 0) is 24.6 Å². The van der Waals surface area contributed by atoms with Crippen LogP contribution in [0.25, 0.3) is 0 Å². The Morgan fingerprint density at radius 1 is 1.45 bits per heavy atom. The fraction of sp³-hybridized carbons (Fsp3) is 0.333. The molecule has 120 valence electrons. The van der Waals surface area contributed by atoms with Crippen molar-refractivity contribution >= 4 is 41.3 Å². The van der Waals surface area contributed by atoms with Crippen molar-refractivity contribution in [1.29, 1.82) is 0 Å². The highest BCUT2D eigenvalue weighted by atomic mass is 127. The number of nitrogens with zero attached hydrogens (tertiary/aromatic N) is 3. The Balaban J connectivity index is 0.00000242. The highest BCUT2D eigenvalue weighted by Gasteiger charge is 2.08. The van der Waals surface area contributed by atoms with Gasteiger partial charge in [0.1, 0.15) is 5.82 Å². The van der Waals surface area contributed by atoms with E-state index < -0.39 is 0 Å². The van der Waals surface area contributed by atoms with Crippen LogP contribution in [0.2, 0.25) is 0 Å². The van der Waals surface area contributed by atoms with Gasteiger partial charge < -0.3 is 10.2 Å². The summed E-state index contributed by atoms with van der Waals surface area (Å²) < 4.78 is 13.2. The van der Waals surface area contributed by atoms with E-state index in [4.69, 9.17) is 0 Å². The highest BCUT2D eigenvalue weighted by Crippen LogP contribution is 2.11. The Labute approximate surface area is 151 Å². The lowest BCUT2D eigenvalue weighted by molar-refractivity contribution is 0.475. The SMILES string of the molecule is CN=C(NCc1cnc(C)s1)N(C)Cc1cccc(F)c1.I. The van der Waals surface area contributed by atoms with Crippen LogP contribution in [0.5, 0.6) is 0 Å². The van der Waals surface area contributed by atoms with E-state index in [-0.39, 0.29) is 29.8 Å². The van der Waals surface area contributed by atoms with E-state index in [1.807, 2.05) is 31.1 Å². The number of guanidine groups is 1. The van der Waals surface area contributed by atoms with Gasteiger partial charge in [0.05, 0.1) is 11.6 Å². The molecule has 0 spiro atoms. The molecular formula is C15H20FIN4S. The molecule has 1 aromatic heterocycles. The zero-order valence-electron chi connectivity index (χ0n) is 12.8. The predicted octanol–water partition coefficient (Wildman–Crippen LogP) is 3.42. The number of rotatable bonds is 4. The molecule has 0 atom stereocenters. The molecule has 1 aromatic carbocycles. The maximum Gasteiger partial charge on any atom is 0.193 e. The molecule has 0 bridgehead atoms. The van der Waals surface area contributed by atoms with Gasteiger partial charge in [0.25, 0.3) is 0 Å². The van der Waals surface area contributed by atoms with E-state index in [9.17, 15) is 4.39 Å². The number of aliphatic imine (C=N–C) groups is 1. The fourth-order valence-corrected chi connectivity index (χ4v) is 2.76. The van der Waals surface area contributed by atoms with Gasteiger partial charge in [0.15, 0.2) is 5.96 Å². The molecule has 2 aromatic rings. The molecule has 0 saturated carbocycles. The lowest BCUT2D eigenvalue weighted by Gasteiger charge is -2.22. The molecule has 0 radical (unpaired) electrons. The molecule has 7 heteroatoms. The van der Waals surface area contributed by atoms with Crippen molar-refractivity contribution in [3.05, 3.63) is 51.7 Å². The zero-order valence-corrected chi connectivity index (χ0v) is 16.0. The summed E-state index contributed by atoms with van der Waals surface area (Å²) in [6.07, 6.45) is 1.87. The minimum Gasteiger partial charge on any atom is -0.351 e. The largest absolute Gasteiger partial charge is 0.351 e. The van der Waals surface area contributed by atoms with Gasteiger partial charge >= 0.3 is 0 Å². The average molecular weight is 434 g/mol. The van der Waals surface area contributed by atoms with E-state index in [0.717, 1.165) is 21.4 Å². The van der Waals surface area contributed by atoms with Crippen LogP contribution in [0, 0.1) is 12.7 Å². The van der Waals surface area contributed by atoms with Crippen molar-refractivity contribution in [3.8, 4) is 0 Å². The van der Waals surface area contributed by atoms with Crippen LogP contribution in [-0.4, -0.2) is 29.9 Å². The summed E-state index contributed by atoms with van der Waals surface area (Å²) in [6.45, 7) is 3.27. The van der Waals surface area contributed by atoms with E-state index in [0.29, 0.717) is 13.1 Å². The molecular weight excluding hydrogens is 414 g/mol. The molecule has 4 nitrogen and oxygen atoms in total. The summed E-state index contributed by atoms with van der Waals surface area (Å²) in [5.74, 6) is 0.550. The van der Waals surface area contributed by atoms with Crippen molar-refractivity contribution in [2.75, 3.05) is 14.1 Å². The normalized spacial score (nSPS) is 11.0. The van der Waals surface area contributed by atoms with Crippen LogP contribution in [0.1, 0.15) is 15.4 Å². The van der Waals surface area contributed by atoms with Crippen LogP contribution in [0.4, 0.5) is 4.39 Å². The number of nitrogens with one attached hydrogen (secondary N) is 1. The molecule has 0 aliphatic rings. The van der Waals surface area contributed by atoms with Crippen molar-refractivity contribution in [1.82, 2.24) is 15.2 Å². The molecule has 0 saturated heterocycles. The molecule has 0 aliphatic carbocycles. The van der Waals surface area contributed by atoms with Gasteiger partial charge in [0, 0.05) is 31.7 Å². The summed E-state index contributed by atoms with van der Waals surface area (Å²) in [5, 5.41) is 4.34. The van der Waals surface area contributed by atoms with Crippen molar-refractivity contribution in [2.24, 2.45) is 4.99 Å². The Bertz CT molecular complexity index is 630. The first-order valence-electron chi connectivity index (χ1n) is 6.66. The van der Waals surface area contributed by atoms with Gasteiger partial charge in [-0.2, -0.15) is 0 Å². The van der Waals surface area contributed by atoms with E-state index in [1.165, 1.54) is 12.1 Å². The summed E-state index contributed by atoms with van der Waals surface area (Å²) in [7, 11) is 3.67. The van der Waals surface area contributed by atoms with Gasteiger partial charge in [-0.1, -0.05) is 12.1 Å². The molecule has 0 fully saturated rings. The number of aryl methyl sites for hydroxylation is 1. The molecule has 1 heterocycles. The first-order valence-corrected chi connectivity index (χ1v) is 7.47. The second-order valence-corrected chi connectivity index (χ2v) is 6.05. The molecule has 2 rings (SSSR count). The van der Waals surface area contributed by atoms with Crippen molar-refractivity contribution in [2.45, 2.75) is 20.0 Å². The lowest BCUT2D eigenvalue weighted by Crippen LogP contribution is -2.37. The third kappa shape index (κ3) is 5.53. The highest BCUT2D eigenvalue weighted by molar-refractivity contribution is 14.0. The van der Waals surface area contributed by atoms with E-state index in [1.54, 1.807) is 24.5 Å². The number of thiazole rings is 1. The molecule has 0 unspecified atom stereocenters. The Hall–Kier alpha value is -1.22. The number of benzene rings is 1.